The van der Waals surface area contributed by atoms with Gasteiger partial charge < -0.3 is 25.0 Å². The maximum Gasteiger partial charge on any atom is 0.304 e. The number of thiazole rings is 1. The van der Waals surface area contributed by atoms with Gasteiger partial charge in [-0.05, 0) is 12.1 Å². The zero-order chi connectivity index (χ0) is 23.2. The van der Waals surface area contributed by atoms with Gasteiger partial charge in [-0.25, -0.2) is 4.39 Å². The summed E-state index contributed by atoms with van der Waals surface area (Å²) >= 11 is 13.8. The number of H-pyrrole nitrogens is 1. The number of aromatic nitrogens is 1. The summed E-state index contributed by atoms with van der Waals surface area (Å²) in [4.78, 5) is 14.4. The summed E-state index contributed by atoms with van der Waals surface area (Å²) < 4.78 is 19.5. The summed E-state index contributed by atoms with van der Waals surface area (Å²) in [7, 11) is 1.67. The number of rotatable bonds is 5. The number of aliphatic hydroxyl groups excluding tert-OH is 3. The number of nitrogens with zero attached hydrogens (tertiary/aromatic N) is 2. The van der Waals surface area contributed by atoms with E-state index in [1.165, 1.54) is 17.3 Å². The highest BCUT2D eigenvalue weighted by Gasteiger charge is 2.49. The lowest BCUT2D eigenvalue weighted by molar-refractivity contribution is -0.208. The minimum Gasteiger partial charge on any atom is -0.394 e. The molecule has 5 atom stereocenters. The molecule has 2 aliphatic heterocycles. The van der Waals surface area contributed by atoms with Gasteiger partial charge in [-0.2, -0.15) is 0 Å². The van der Waals surface area contributed by atoms with Gasteiger partial charge in [0.1, 0.15) is 29.8 Å². The van der Waals surface area contributed by atoms with Crippen molar-refractivity contribution in [1.82, 2.24) is 20.5 Å². The van der Waals surface area contributed by atoms with Gasteiger partial charge in [0.05, 0.1) is 28.0 Å². The number of nitrogens with one attached hydrogen (secondary N) is 2. The SMILES string of the molecule is CN1NC(c2csc(=O)[nH]2)=CN1C1C(O)[C@@H](Sc2cc(Cl)c(F)c(Cl)c2)OC(CO)[C@@H]1O. The van der Waals surface area contributed by atoms with Crippen LogP contribution < -0.4 is 10.3 Å². The highest BCUT2D eigenvalue weighted by atomic mass is 35.5. The zero-order valence-corrected chi connectivity index (χ0v) is 19.6. The van der Waals surface area contributed by atoms with Gasteiger partial charge in [0.2, 0.25) is 0 Å². The molecule has 0 bridgehead atoms. The van der Waals surface area contributed by atoms with Crippen LogP contribution >= 0.6 is 46.3 Å². The third-order valence-electron chi connectivity index (χ3n) is 5.06. The van der Waals surface area contributed by atoms with E-state index in [4.69, 9.17) is 27.9 Å². The average molecular weight is 525 g/mol. The van der Waals surface area contributed by atoms with Crippen LogP contribution in [0.3, 0.4) is 0 Å². The lowest BCUT2D eigenvalue weighted by Gasteiger charge is -2.46. The largest absolute Gasteiger partial charge is 0.394 e. The van der Waals surface area contributed by atoms with Crippen LogP contribution in [0.15, 0.2) is 33.4 Å². The summed E-state index contributed by atoms with van der Waals surface area (Å²) in [6.07, 6.45) is -1.88. The van der Waals surface area contributed by atoms with Crippen LogP contribution in [0.2, 0.25) is 10.0 Å². The average Bonchev–Trinajstić information content (AvgIpc) is 3.34. The molecule has 5 N–H and O–H groups in total. The molecule has 0 amide bonds. The number of hydrogen-bond donors (Lipinski definition) is 5. The Kier molecular flexibility index (Phi) is 7.05. The molecule has 1 saturated heterocycles. The van der Waals surface area contributed by atoms with E-state index in [0.717, 1.165) is 23.1 Å². The van der Waals surface area contributed by atoms with Crippen molar-refractivity contribution >= 4 is 52.0 Å². The first-order chi connectivity index (χ1) is 15.2. The van der Waals surface area contributed by atoms with E-state index < -0.39 is 42.2 Å². The van der Waals surface area contributed by atoms with Gasteiger partial charge in [0.25, 0.3) is 0 Å². The highest BCUT2D eigenvalue weighted by Crippen LogP contribution is 2.39. The van der Waals surface area contributed by atoms with Gasteiger partial charge in [0.15, 0.2) is 5.82 Å². The monoisotopic (exact) mass is 524 g/mol. The zero-order valence-electron chi connectivity index (χ0n) is 16.4. The van der Waals surface area contributed by atoms with E-state index in [1.54, 1.807) is 23.6 Å². The molecule has 4 rings (SSSR count). The maximum atomic E-state index is 13.8. The highest BCUT2D eigenvalue weighted by molar-refractivity contribution is 7.99. The maximum absolute atomic E-state index is 13.8. The number of aliphatic hydroxyl groups is 3. The first-order valence-corrected chi connectivity index (χ1v) is 11.8. The molecule has 14 heteroatoms. The van der Waals surface area contributed by atoms with Crippen LogP contribution in [0.4, 0.5) is 4.39 Å². The predicted molar refractivity (Wildman–Crippen MR) is 119 cm³/mol. The molecule has 9 nitrogen and oxygen atoms in total. The quantitative estimate of drug-likeness (QED) is 0.370. The number of thioether (sulfide) groups is 1. The second-order valence-corrected chi connectivity index (χ2v) is 9.96. The molecule has 1 aromatic heterocycles. The van der Waals surface area contributed by atoms with Crippen molar-refractivity contribution in [3.05, 3.63) is 54.9 Å². The predicted octanol–water partition coefficient (Wildman–Crippen LogP) is 1.45. The van der Waals surface area contributed by atoms with Crippen LogP contribution in [-0.2, 0) is 4.74 Å². The Morgan fingerprint density at radius 3 is 2.56 bits per heavy atom. The molecule has 2 aromatic rings. The third-order valence-corrected chi connectivity index (χ3v) is 7.41. The second-order valence-electron chi connectivity index (χ2n) is 7.14. The first-order valence-electron chi connectivity index (χ1n) is 9.32. The third kappa shape index (κ3) is 4.52. The van der Waals surface area contributed by atoms with E-state index in [1.807, 2.05) is 0 Å². The molecule has 3 heterocycles. The van der Waals surface area contributed by atoms with Gasteiger partial charge in [-0.15, -0.1) is 5.12 Å². The Labute approximate surface area is 199 Å². The molecule has 2 aliphatic rings. The van der Waals surface area contributed by atoms with Crippen molar-refractivity contribution in [1.29, 1.82) is 0 Å². The normalized spacial score (nSPS) is 28.7. The smallest absolute Gasteiger partial charge is 0.304 e. The van der Waals surface area contributed by atoms with Crippen LogP contribution in [-0.4, -0.2) is 73.9 Å². The number of aromatic amines is 1. The summed E-state index contributed by atoms with van der Waals surface area (Å²) in [5.41, 5.74) is 3.20. The Morgan fingerprint density at radius 2 is 1.97 bits per heavy atom. The fraction of sp³-hybridized carbons (Fsp3) is 0.389. The molecule has 174 valence electrons. The lowest BCUT2D eigenvalue weighted by atomic mass is 9.97. The van der Waals surface area contributed by atoms with E-state index in [2.05, 4.69) is 10.4 Å². The van der Waals surface area contributed by atoms with E-state index in [-0.39, 0.29) is 14.9 Å². The Morgan fingerprint density at radius 1 is 1.28 bits per heavy atom. The summed E-state index contributed by atoms with van der Waals surface area (Å²) in [6, 6.07) is 1.78. The molecule has 0 spiro atoms. The van der Waals surface area contributed by atoms with Gasteiger partial charge in [-0.3, -0.25) is 15.2 Å². The molecular formula is C18H19Cl2FN4O5S2. The Hall–Kier alpha value is -1.35. The molecule has 0 saturated carbocycles. The Bertz CT molecular complexity index is 1060. The van der Waals surface area contributed by atoms with Crippen molar-refractivity contribution in [2.75, 3.05) is 13.7 Å². The van der Waals surface area contributed by atoms with Crippen molar-refractivity contribution in [2.24, 2.45) is 0 Å². The lowest BCUT2D eigenvalue weighted by Crippen LogP contribution is -2.65. The first kappa shape index (κ1) is 23.8. The molecule has 32 heavy (non-hydrogen) atoms. The standard InChI is InChI=1S/C18H19Cl2FN4O5S2/c1-24-23-10(11-6-31-18(29)22-11)4-25(24)14-15(27)12(5-26)30-17(16(14)28)32-7-2-8(19)13(21)9(20)3-7/h2-4,6,12,14-17,23,26-28H,5H2,1H3,(H,22,29)/t12?,14?,15-,16?,17+/m0/s1. The minimum atomic E-state index is -1.26. The number of benzene rings is 1. The van der Waals surface area contributed by atoms with Crippen molar-refractivity contribution < 1.29 is 24.4 Å². The number of ether oxygens (including phenoxy) is 1. The number of hydrogen-bond acceptors (Lipinski definition) is 10. The topological polar surface area (TPSA) is 121 Å². The van der Waals surface area contributed by atoms with E-state index >= 15 is 0 Å². The molecule has 1 fully saturated rings. The summed E-state index contributed by atoms with van der Waals surface area (Å²) in [5, 5.41) is 36.0. The molecular weight excluding hydrogens is 506 g/mol. The molecule has 0 aliphatic carbocycles. The van der Waals surface area contributed by atoms with Crippen LogP contribution in [0.5, 0.6) is 0 Å². The minimum absolute atomic E-state index is 0.179. The molecule has 1 aromatic carbocycles. The van der Waals surface area contributed by atoms with Crippen molar-refractivity contribution in [3.8, 4) is 0 Å². The van der Waals surface area contributed by atoms with Crippen LogP contribution in [0.25, 0.3) is 5.70 Å². The van der Waals surface area contributed by atoms with Crippen LogP contribution in [0, 0.1) is 5.82 Å². The van der Waals surface area contributed by atoms with Crippen molar-refractivity contribution in [2.45, 2.75) is 34.7 Å². The number of halogens is 3. The van der Waals surface area contributed by atoms with Gasteiger partial charge >= 0.3 is 4.87 Å². The summed E-state index contributed by atoms with van der Waals surface area (Å²) in [6.45, 7) is -0.494. The summed E-state index contributed by atoms with van der Waals surface area (Å²) in [5.74, 6) is -0.752. The van der Waals surface area contributed by atoms with Crippen LogP contribution in [0.1, 0.15) is 5.69 Å². The van der Waals surface area contributed by atoms with E-state index in [9.17, 15) is 24.5 Å². The second kappa shape index (κ2) is 9.49. The van der Waals surface area contributed by atoms with Gasteiger partial charge in [-0.1, -0.05) is 46.3 Å². The fourth-order valence-electron chi connectivity index (χ4n) is 3.52. The molecule has 0 radical (unpaired) electrons. The Balaban J connectivity index is 1.62. The molecule has 3 unspecified atom stereocenters. The van der Waals surface area contributed by atoms with E-state index in [0.29, 0.717) is 16.3 Å². The van der Waals surface area contributed by atoms with Crippen molar-refractivity contribution in [3.63, 3.8) is 0 Å². The number of hydrazine groups is 2. The fourth-order valence-corrected chi connectivity index (χ4v) is 5.85. The van der Waals surface area contributed by atoms with Gasteiger partial charge in [0, 0.05) is 23.5 Å².